The molecule has 0 aromatic heterocycles. The van der Waals surface area contributed by atoms with E-state index in [4.69, 9.17) is 4.55 Å². The van der Waals surface area contributed by atoms with E-state index in [-0.39, 0.29) is 29.6 Å². The molecule has 0 aliphatic rings. The molecule has 6 nitrogen and oxygen atoms in total. The van der Waals surface area contributed by atoms with Gasteiger partial charge in [-0.05, 0) is 42.8 Å². The van der Waals surface area contributed by atoms with Crippen LogP contribution in [0, 0.1) is 6.92 Å². The van der Waals surface area contributed by atoms with E-state index in [1.165, 1.54) is 0 Å². The molecule has 8 heteroatoms. The van der Waals surface area contributed by atoms with Gasteiger partial charge < -0.3 is 5.32 Å². The molecule has 0 bridgehead atoms. The molecule has 2 rings (SSSR count). The Labute approximate surface area is 151 Å². The van der Waals surface area contributed by atoms with Crippen molar-refractivity contribution in [2.75, 3.05) is 11.2 Å². The largest absolute Gasteiger partial charge is 1.00 e. The number of azo groups is 1. The molecule has 110 valence electrons. The molecule has 0 radical (unpaired) electrons. The molecular formula is C14H15N3NaO3S+. The first-order valence-electron chi connectivity index (χ1n) is 6.20. The molecule has 2 N–H and O–H groups in total. The zero-order chi connectivity index (χ0) is 15.3. The Bertz CT molecular complexity index is 749. The summed E-state index contributed by atoms with van der Waals surface area (Å²) in [6.45, 7) is 1.81. The van der Waals surface area contributed by atoms with Crippen molar-refractivity contribution in [3.63, 3.8) is 0 Å². The van der Waals surface area contributed by atoms with E-state index in [1.807, 2.05) is 37.3 Å². The minimum atomic E-state index is -4.05. The van der Waals surface area contributed by atoms with E-state index < -0.39 is 16.0 Å². The standard InChI is InChI=1S/C14H15N3O3S.Na/c1-11-9-13(17-16-12-5-3-2-4-6-12)7-8-14(11)15-10-21(18,19)20;/h2-9,15H,10H2,1H3,(H,18,19,20);/q;+1. The Morgan fingerprint density at radius 1 is 1.05 bits per heavy atom. The van der Waals surface area contributed by atoms with Crippen molar-refractivity contribution in [1.82, 2.24) is 0 Å². The maximum atomic E-state index is 10.7. The number of hydrogen-bond acceptors (Lipinski definition) is 5. The van der Waals surface area contributed by atoms with Gasteiger partial charge in [-0.3, -0.25) is 4.55 Å². The third-order valence-corrected chi connectivity index (χ3v) is 3.20. The topological polar surface area (TPSA) is 91.1 Å². The maximum absolute atomic E-state index is 10.7. The zero-order valence-corrected chi connectivity index (χ0v) is 15.2. The van der Waals surface area contributed by atoms with Crippen LogP contribution in [0.5, 0.6) is 0 Å². The van der Waals surface area contributed by atoms with Crippen molar-refractivity contribution in [2.24, 2.45) is 10.2 Å². The van der Waals surface area contributed by atoms with E-state index in [9.17, 15) is 8.42 Å². The summed E-state index contributed by atoms with van der Waals surface area (Å²) >= 11 is 0. The van der Waals surface area contributed by atoms with Crippen molar-refractivity contribution < 1.29 is 42.5 Å². The van der Waals surface area contributed by atoms with Crippen LogP contribution in [0.4, 0.5) is 17.1 Å². The van der Waals surface area contributed by atoms with Crippen LogP contribution in [0.3, 0.4) is 0 Å². The predicted octanol–water partition coefficient (Wildman–Crippen LogP) is 0.672. The van der Waals surface area contributed by atoms with Crippen LogP contribution in [-0.2, 0) is 10.1 Å². The summed E-state index contributed by atoms with van der Waals surface area (Å²) in [4.78, 5) is 0. The third-order valence-electron chi connectivity index (χ3n) is 2.69. The van der Waals surface area contributed by atoms with Crippen LogP contribution in [0.2, 0.25) is 0 Å². The van der Waals surface area contributed by atoms with Gasteiger partial charge in [-0.25, -0.2) is 0 Å². The molecule has 2 aromatic carbocycles. The first-order valence-corrected chi connectivity index (χ1v) is 7.81. The summed E-state index contributed by atoms with van der Waals surface area (Å²) in [7, 11) is -4.05. The Morgan fingerprint density at radius 2 is 1.68 bits per heavy atom. The second kappa shape index (κ2) is 8.40. The van der Waals surface area contributed by atoms with Crippen LogP contribution < -0.4 is 34.9 Å². The van der Waals surface area contributed by atoms with Gasteiger partial charge in [-0.15, -0.1) is 0 Å². The average Bonchev–Trinajstić information content (AvgIpc) is 2.44. The number of anilines is 1. The molecule has 0 amide bonds. The monoisotopic (exact) mass is 328 g/mol. The fourth-order valence-electron chi connectivity index (χ4n) is 1.69. The van der Waals surface area contributed by atoms with E-state index in [0.717, 1.165) is 11.3 Å². The van der Waals surface area contributed by atoms with Crippen LogP contribution in [-0.4, -0.2) is 18.8 Å². The Hall–Kier alpha value is -1.25. The molecule has 0 atom stereocenters. The summed E-state index contributed by atoms with van der Waals surface area (Å²) in [6.07, 6.45) is 0. The molecule has 0 spiro atoms. The second-order valence-corrected chi connectivity index (χ2v) is 5.89. The number of nitrogens with zero attached hydrogens (tertiary/aromatic N) is 2. The van der Waals surface area contributed by atoms with Gasteiger partial charge >= 0.3 is 29.6 Å². The minimum Gasteiger partial charge on any atom is -0.369 e. The van der Waals surface area contributed by atoms with Gasteiger partial charge in [0.25, 0.3) is 10.1 Å². The number of aryl methyl sites for hydroxylation is 1. The van der Waals surface area contributed by atoms with Gasteiger partial charge in [-0.2, -0.15) is 18.6 Å². The Morgan fingerprint density at radius 3 is 2.27 bits per heavy atom. The maximum Gasteiger partial charge on any atom is 1.00 e. The van der Waals surface area contributed by atoms with E-state index in [1.54, 1.807) is 18.2 Å². The molecule has 0 aliphatic heterocycles. The van der Waals surface area contributed by atoms with Crippen molar-refractivity contribution in [3.05, 3.63) is 54.1 Å². The predicted molar refractivity (Wildman–Crippen MR) is 81.8 cm³/mol. The van der Waals surface area contributed by atoms with Crippen LogP contribution in [0.25, 0.3) is 0 Å². The van der Waals surface area contributed by atoms with Gasteiger partial charge in [0.1, 0.15) is 5.88 Å². The molecule has 0 heterocycles. The molecule has 2 aromatic rings. The molecule has 0 saturated heterocycles. The Kier molecular flexibility index (Phi) is 7.18. The minimum absolute atomic E-state index is 0. The van der Waals surface area contributed by atoms with Crippen molar-refractivity contribution in [2.45, 2.75) is 6.92 Å². The molecule has 0 aliphatic carbocycles. The van der Waals surface area contributed by atoms with Gasteiger partial charge in [0.15, 0.2) is 0 Å². The van der Waals surface area contributed by atoms with E-state index >= 15 is 0 Å². The number of hydrogen-bond donors (Lipinski definition) is 2. The number of nitrogens with one attached hydrogen (secondary N) is 1. The van der Waals surface area contributed by atoms with Gasteiger partial charge in [0, 0.05) is 5.69 Å². The molecule has 22 heavy (non-hydrogen) atoms. The summed E-state index contributed by atoms with van der Waals surface area (Å²) in [5.74, 6) is -0.529. The summed E-state index contributed by atoms with van der Waals surface area (Å²) < 4.78 is 30.1. The third kappa shape index (κ3) is 6.25. The zero-order valence-electron chi connectivity index (χ0n) is 12.4. The average molecular weight is 328 g/mol. The number of rotatable bonds is 5. The SMILES string of the molecule is Cc1cc(N=Nc2ccccc2)ccc1NCS(=O)(=O)O.[Na+]. The summed E-state index contributed by atoms with van der Waals surface area (Å²) in [6, 6.07) is 14.5. The molecule has 0 fully saturated rings. The summed E-state index contributed by atoms with van der Waals surface area (Å²) in [5, 5.41) is 10.9. The van der Waals surface area contributed by atoms with E-state index in [0.29, 0.717) is 11.4 Å². The van der Waals surface area contributed by atoms with Gasteiger partial charge in [-0.1, -0.05) is 18.2 Å². The molecule has 0 saturated carbocycles. The fraction of sp³-hybridized carbons (Fsp3) is 0.143. The van der Waals surface area contributed by atoms with Crippen molar-refractivity contribution in [3.8, 4) is 0 Å². The van der Waals surface area contributed by atoms with Crippen molar-refractivity contribution in [1.29, 1.82) is 0 Å². The smallest absolute Gasteiger partial charge is 0.369 e. The molecular weight excluding hydrogens is 313 g/mol. The number of benzene rings is 2. The Balaban J connectivity index is 0.00000242. The van der Waals surface area contributed by atoms with Gasteiger partial charge in [0.05, 0.1) is 11.4 Å². The fourth-order valence-corrected chi connectivity index (χ4v) is 2.03. The normalized spacial score (nSPS) is 11.2. The van der Waals surface area contributed by atoms with E-state index in [2.05, 4.69) is 15.5 Å². The van der Waals surface area contributed by atoms with Crippen LogP contribution >= 0.6 is 0 Å². The second-order valence-electron chi connectivity index (χ2n) is 4.44. The first kappa shape index (κ1) is 18.8. The first-order chi connectivity index (χ1) is 9.94. The van der Waals surface area contributed by atoms with Crippen LogP contribution in [0.1, 0.15) is 5.56 Å². The molecule has 0 unspecified atom stereocenters. The van der Waals surface area contributed by atoms with Crippen molar-refractivity contribution >= 4 is 27.2 Å². The summed E-state index contributed by atoms with van der Waals surface area (Å²) in [5.41, 5.74) is 2.84. The van der Waals surface area contributed by atoms with Gasteiger partial charge in [0.2, 0.25) is 0 Å². The quantitative estimate of drug-likeness (QED) is 0.479. The van der Waals surface area contributed by atoms with Crippen LogP contribution in [0.15, 0.2) is 58.8 Å².